The van der Waals surface area contributed by atoms with Crippen molar-refractivity contribution in [1.29, 1.82) is 0 Å². The van der Waals surface area contributed by atoms with Crippen molar-refractivity contribution in [2.45, 2.75) is 121 Å². The first-order chi connectivity index (χ1) is 25.8. The van der Waals surface area contributed by atoms with Crippen molar-refractivity contribution in [3.05, 3.63) is 129 Å². The van der Waals surface area contributed by atoms with Gasteiger partial charge in [-0.15, -0.1) is 69.1 Å². The summed E-state index contributed by atoms with van der Waals surface area (Å²) in [7, 11) is 11.0. The van der Waals surface area contributed by atoms with E-state index < -0.39 is 20.8 Å². The Morgan fingerprint density at radius 2 is 0.870 bits per heavy atom. The van der Waals surface area contributed by atoms with Crippen molar-refractivity contribution in [3.8, 4) is 22.3 Å². The van der Waals surface area contributed by atoms with Gasteiger partial charge in [0, 0.05) is 9.52 Å². The van der Waals surface area contributed by atoms with Crippen molar-refractivity contribution < 1.29 is 20.8 Å². The van der Waals surface area contributed by atoms with Gasteiger partial charge in [0.05, 0.1) is 0 Å². The topological polar surface area (TPSA) is 0 Å². The summed E-state index contributed by atoms with van der Waals surface area (Å²) in [6.45, 7) is 26.8. The van der Waals surface area contributed by atoms with Gasteiger partial charge in [0.15, 0.2) is 0 Å². The van der Waals surface area contributed by atoms with Gasteiger partial charge >= 0.3 is 37.9 Å². The average Bonchev–Trinajstić information content (AvgIpc) is 3.67. The number of benzene rings is 4. The predicted octanol–water partition coefficient (Wildman–Crippen LogP) is 16.2. The molecule has 0 fully saturated rings. The Balaban J connectivity index is 0.000000254. The minimum absolute atomic E-state index is 0.696. The maximum atomic E-state index is 4.93. The molecule has 0 saturated heterocycles. The van der Waals surface area contributed by atoms with Crippen molar-refractivity contribution in [2.75, 3.05) is 0 Å². The van der Waals surface area contributed by atoms with E-state index in [2.05, 4.69) is 167 Å². The molecule has 0 aliphatic carbocycles. The molecule has 0 bridgehead atoms. The van der Waals surface area contributed by atoms with E-state index in [-0.39, 0.29) is 0 Å². The first-order valence-corrected chi connectivity index (χ1v) is 28.3. The maximum absolute atomic E-state index is 4.93. The number of halogens is 2. The second kappa shape index (κ2) is 23.1. The van der Waals surface area contributed by atoms with Crippen LogP contribution < -0.4 is 0 Å². The molecule has 0 N–H and O–H groups in total. The molecule has 4 heteroatoms. The normalized spacial score (nSPS) is 10.8. The Labute approximate surface area is 350 Å². The zero-order valence-corrected chi connectivity index (χ0v) is 40.2. The van der Waals surface area contributed by atoms with Gasteiger partial charge in [-0.3, -0.25) is 0 Å². The van der Waals surface area contributed by atoms with E-state index in [4.69, 9.17) is 17.0 Å². The summed E-state index contributed by atoms with van der Waals surface area (Å²) in [4.78, 5) is 0. The summed E-state index contributed by atoms with van der Waals surface area (Å²) < 4.78 is 0. The Morgan fingerprint density at radius 3 is 1.15 bits per heavy atom. The summed E-state index contributed by atoms with van der Waals surface area (Å²) in [5, 5.41) is 5.64. The molecule has 0 saturated carbocycles. The van der Waals surface area contributed by atoms with E-state index in [9.17, 15) is 0 Å². The van der Waals surface area contributed by atoms with Crippen LogP contribution >= 0.6 is 17.0 Å². The molecule has 6 rings (SSSR count). The van der Waals surface area contributed by atoms with E-state index in [0.29, 0.717) is 11.8 Å². The third-order valence-electron chi connectivity index (χ3n) is 9.42. The summed E-state index contributed by atoms with van der Waals surface area (Å²) in [6.07, 6.45) is 6.96. The molecule has 54 heavy (non-hydrogen) atoms. The van der Waals surface area contributed by atoms with Crippen LogP contribution in [0.15, 0.2) is 84.9 Å². The number of fused-ring (bicyclic) bond motifs is 2. The van der Waals surface area contributed by atoms with Gasteiger partial charge in [-0.2, -0.15) is 12.1 Å². The summed E-state index contributed by atoms with van der Waals surface area (Å²) >= 11 is -0.826. The Kier molecular flexibility index (Phi) is 19.8. The van der Waals surface area contributed by atoms with Crippen LogP contribution in [0, 0.1) is 39.5 Å². The molecular formula is C50H64Cl2SiZr. The fourth-order valence-electron chi connectivity index (χ4n) is 7.83. The fraction of sp³-hybridized carbons (Fsp3) is 0.400. The van der Waals surface area contributed by atoms with Crippen molar-refractivity contribution in [1.82, 2.24) is 0 Å². The van der Waals surface area contributed by atoms with Crippen molar-refractivity contribution >= 4 is 48.1 Å². The number of aryl methyl sites for hydroxylation is 6. The number of rotatable bonds is 10. The summed E-state index contributed by atoms with van der Waals surface area (Å²) in [5.74, 6) is 1.39. The van der Waals surface area contributed by atoms with E-state index in [1.54, 1.807) is 0 Å². The second-order valence-corrected chi connectivity index (χ2v) is 20.7. The van der Waals surface area contributed by atoms with Gasteiger partial charge in [-0.05, 0) is 76.3 Å². The first kappa shape index (κ1) is 46.2. The van der Waals surface area contributed by atoms with Gasteiger partial charge in [0.25, 0.3) is 0 Å². The molecule has 0 unspecified atom stereocenters. The van der Waals surface area contributed by atoms with Crippen LogP contribution in [0.2, 0.25) is 13.1 Å². The standard InChI is InChI=1S/2C24H29.C2H6Si.2ClH.Zr/c2*1-6-7-20-8-9-21-14-19(10-16(2)3)15-23(21)24(20)22-12-17(4)11-18(5)13-22;1-3-2;;;/h2*8-9,11-16H,6-7,10H2,1-5H3;1-2H3;2*1H;/q2*-1;;;;+4/p-2. The zero-order valence-electron chi connectivity index (χ0n) is 35.2. The summed E-state index contributed by atoms with van der Waals surface area (Å²) in [5.41, 5.74) is 17.0. The molecule has 0 heterocycles. The number of hydrogen-bond acceptors (Lipinski definition) is 0. The van der Waals surface area contributed by atoms with Crippen molar-refractivity contribution in [3.63, 3.8) is 0 Å². The van der Waals surface area contributed by atoms with Crippen LogP contribution in [0.25, 0.3) is 43.8 Å². The molecule has 0 aliphatic heterocycles. The summed E-state index contributed by atoms with van der Waals surface area (Å²) in [6, 6.07) is 32.9. The van der Waals surface area contributed by atoms with Crippen LogP contribution in [-0.4, -0.2) is 9.52 Å². The molecule has 6 aromatic rings. The van der Waals surface area contributed by atoms with E-state index >= 15 is 0 Å². The van der Waals surface area contributed by atoms with E-state index in [1.807, 2.05) is 0 Å². The van der Waals surface area contributed by atoms with Crippen molar-refractivity contribution in [2.24, 2.45) is 11.8 Å². The zero-order chi connectivity index (χ0) is 39.9. The monoisotopic (exact) mass is 852 g/mol. The third-order valence-corrected chi connectivity index (χ3v) is 9.42. The van der Waals surface area contributed by atoms with Crippen LogP contribution in [0.1, 0.15) is 98.9 Å². The average molecular weight is 855 g/mol. The quantitative estimate of drug-likeness (QED) is 0.0951. The van der Waals surface area contributed by atoms with Gasteiger partial charge < -0.3 is 0 Å². The predicted molar refractivity (Wildman–Crippen MR) is 243 cm³/mol. The SMILES string of the molecule is CCCc1ccc2[cH-]c(CC(C)C)cc2c1-c1cc(C)cc(C)c1.CCCc1ccc2[cH-]c(CC(C)C)cc2c1-c1cc(C)cc(C)c1.C[Si]C.[Cl][Zr+2][Cl]. The molecule has 0 aliphatic rings. The molecule has 2 radical (unpaired) electrons. The molecule has 286 valence electrons. The molecule has 0 nitrogen and oxygen atoms in total. The Morgan fingerprint density at radius 1 is 0.556 bits per heavy atom. The van der Waals surface area contributed by atoms with Gasteiger partial charge in [0.2, 0.25) is 0 Å². The fourth-order valence-corrected chi connectivity index (χ4v) is 7.83. The molecular weight excluding hydrogens is 791 g/mol. The Hall–Kier alpha value is -2.22. The third kappa shape index (κ3) is 13.5. The van der Waals surface area contributed by atoms with E-state index in [1.165, 1.54) is 101 Å². The first-order valence-electron chi connectivity index (χ1n) is 19.9. The second-order valence-electron chi connectivity index (χ2n) is 16.0. The van der Waals surface area contributed by atoms with Crippen LogP contribution in [0.4, 0.5) is 0 Å². The van der Waals surface area contributed by atoms with Gasteiger partial charge in [-0.25, -0.2) is 0 Å². The van der Waals surface area contributed by atoms with Crippen LogP contribution in [0.5, 0.6) is 0 Å². The molecule has 0 spiro atoms. The molecule has 6 aromatic carbocycles. The van der Waals surface area contributed by atoms with Gasteiger partial charge in [-0.1, -0.05) is 148 Å². The Bertz CT molecular complexity index is 1860. The van der Waals surface area contributed by atoms with E-state index in [0.717, 1.165) is 35.2 Å². The number of hydrogen-bond donors (Lipinski definition) is 0. The molecule has 0 atom stereocenters. The van der Waals surface area contributed by atoms with Crippen LogP contribution in [0.3, 0.4) is 0 Å². The van der Waals surface area contributed by atoms with Crippen LogP contribution in [-0.2, 0) is 46.5 Å². The molecule has 0 aromatic heterocycles. The van der Waals surface area contributed by atoms with Gasteiger partial charge in [0.1, 0.15) is 0 Å². The minimum atomic E-state index is -0.826. The molecule has 0 amide bonds.